The number of carbonyl (C=O) groups excluding carboxylic acids is 1. The summed E-state index contributed by atoms with van der Waals surface area (Å²) < 4.78 is 0. The summed E-state index contributed by atoms with van der Waals surface area (Å²) in [5.74, 6) is -0.402. The number of nitrogens with one attached hydrogen (secondary N) is 1. The van der Waals surface area contributed by atoms with E-state index in [0.717, 1.165) is 10.9 Å². The van der Waals surface area contributed by atoms with E-state index in [1.807, 2.05) is 6.07 Å². The number of rotatable bonds is 3. The second kappa shape index (κ2) is 7.28. The van der Waals surface area contributed by atoms with Crippen LogP contribution in [0.4, 0.5) is 5.69 Å². The van der Waals surface area contributed by atoms with Gasteiger partial charge in [-0.25, -0.2) is 0 Å². The summed E-state index contributed by atoms with van der Waals surface area (Å²) in [5.41, 5.74) is 2.24. The molecule has 0 fully saturated rings. The molecule has 7 heteroatoms. The Morgan fingerprint density at radius 1 is 1.08 bits per heavy atom. The maximum Gasteiger partial charge on any atom is 0.258 e. The first-order chi connectivity index (χ1) is 11.5. The number of pyridine rings is 1. The highest BCUT2D eigenvalue weighted by Crippen LogP contribution is 2.32. The average Bonchev–Trinajstić information content (AvgIpc) is 2.56. The third-order valence-corrected chi connectivity index (χ3v) is 5.17. The minimum atomic E-state index is -0.402. The van der Waals surface area contributed by atoms with E-state index in [1.54, 1.807) is 36.5 Å². The Morgan fingerprint density at radius 3 is 2.42 bits per heavy atom. The van der Waals surface area contributed by atoms with Gasteiger partial charge in [0.05, 0.1) is 31.8 Å². The quantitative estimate of drug-likeness (QED) is 0.479. The Labute approximate surface area is 162 Å². The number of hydrogen-bond acceptors (Lipinski definition) is 2. The van der Waals surface area contributed by atoms with E-state index in [1.165, 1.54) is 0 Å². The first-order valence-corrected chi connectivity index (χ1v) is 9.16. The van der Waals surface area contributed by atoms with E-state index in [4.69, 9.17) is 34.8 Å². The average molecular weight is 445 g/mol. The third kappa shape index (κ3) is 3.24. The summed E-state index contributed by atoms with van der Waals surface area (Å²) >= 11 is 21.9. The van der Waals surface area contributed by atoms with Gasteiger partial charge in [0.15, 0.2) is 0 Å². The second-order valence-corrected chi connectivity index (χ2v) is 6.74. The molecule has 1 amide bonds. The van der Waals surface area contributed by atoms with Crippen LogP contribution in [0.25, 0.3) is 10.9 Å². The van der Waals surface area contributed by atoms with Crippen molar-refractivity contribution in [3.8, 4) is 0 Å². The van der Waals surface area contributed by atoms with Crippen LogP contribution < -0.4 is 5.32 Å². The van der Waals surface area contributed by atoms with Crippen molar-refractivity contribution in [1.29, 1.82) is 0 Å². The second-order valence-electron chi connectivity index (χ2n) is 4.98. The van der Waals surface area contributed by atoms with Crippen LogP contribution in [0.5, 0.6) is 0 Å². The molecule has 2 aromatic carbocycles. The Morgan fingerprint density at radius 2 is 1.75 bits per heavy atom. The molecule has 0 unspecified atom stereocenters. The van der Waals surface area contributed by atoms with Gasteiger partial charge >= 0.3 is 0 Å². The van der Waals surface area contributed by atoms with Crippen molar-refractivity contribution < 1.29 is 4.79 Å². The molecule has 0 saturated heterocycles. The lowest BCUT2D eigenvalue weighted by Crippen LogP contribution is -2.13. The highest BCUT2D eigenvalue weighted by atomic mass is 79.9. The Kier molecular flexibility index (Phi) is 5.30. The van der Waals surface area contributed by atoms with Gasteiger partial charge in [0.25, 0.3) is 5.91 Å². The van der Waals surface area contributed by atoms with Crippen LogP contribution in [-0.2, 0) is 5.33 Å². The van der Waals surface area contributed by atoms with Crippen molar-refractivity contribution in [2.75, 3.05) is 5.32 Å². The molecule has 0 saturated carbocycles. The van der Waals surface area contributed by atoms with E-state index in [9.17, 15) is 4.79 Å². The number of para-hydroxylation sites is 1. The van der Waals surface area contributed by atoms with Crippen molar-refractivity contribution in [1.82, 2.24) is 4.98 Å². The molecule has 1 aromatic heterocycles. The molecule has 0 aliphatic rings. The summed E-state index contributed by atoms with van der Waals surface area (Å²) in [6.45, 7) is 0. The molecule has 0 bridgehead atoms. The monoisotopic (exact) mass is 442 g/mol. The molecular formula is C17H10BrCl3N2O. The van der Waals surface area contributed by atoms with Crippen molar-refractivity contribution in [2.45, 2.75) is 5.33 Å². The van der Waals surface area contributed by atoms with E-state index < -0.39 is 5.91 Å². The van der Waals surface area contributed by atoms with Gasteiger partial charge < -0.3 is 5.32 Å². The maximum atomic E-state index is 12.6. The minimum Gasteiger partial charge on any atom is -0.320 e. The number of anilines is 1. The van der Waals surface area contributed by atoms with Crippen molar-refractivity contribution in [3.63, 3.8) is 0 Å². The molecule has 3 aromatic rings. The maximum absolute atomic E-state index is 12.6. The Hall–Kier alpha value is -1.33. The number of nitrogens with zero attached hydrogens (tertiary/aromatic N) is 1. The zero-order valence-corrected chi connectivity index (χ0v) is 16.0. The minimum absolute atomic E-state index is 0.223. The molecule has 0 aliphatic heterocycles. The largest absolute Gasteiger partial charge is 0.320 e. The fourth-order valence-corrected chi connectivity index (χ4v) is 3.75. The van der Waals surface area contributed by atoms with Crippen LogP contribution in [0.3, 0.4) is 0 Å². The summed E-state index contributed by atoms with van der Waals surface area (Å²) in [7, 11) is 0. The first kappa shape index (κ1) is 17.5. The molecule has 0 radical (unpaired) electrons. The Balaban J connectivity index is 2.05. The predicted octanol–water partition coefficient (Wildman–Crippen LogP) is 6.34. The number of halogens is 4. The van der Waals surface area contributed by atoms with Crippen molar-refractivity contribution in [2.24, 2.45) is 0 Å². The SMILES string of the molecule is O=C(Nc1cccc2c(Cl)c(CBr)cnc12)c1c(Cl)cccc1Cl. The van der Waals surface area contributed by atoms with Crippen LogP contribution in [0.15, 0.2) is 42.6 Å². The van der Waals surface area contributed by atoms with E-state index in [0.29, 0.717) is 21.6 Å². The zero-order chi connectivity index (χ0) is 17.3. The van der Waals surface area contributed by atoms with Gasteiger partial charge in [-0.3, -0.25) is 9.78 Å². The number of aromatic nitrogens is 1. The van der Waals surface area contributed by atoms with Crippen LogP contribution in [0.2, 0.25) is 15.1 Å². The molecule has 0 atom stereocenters. The predicted molar refractivity (Wildman–Crippen MR) is 104 cm³/mol. The van der Waals surface area contributed by atoms with Gasteiger partial charge in [-0.05, 0) is 18.2 Å². The van der Waals surface area contributed by atoms with Gasteiger partial charge in [-0.15, -0.1) is 0 Å². The highest BCUT2D eigenvalue weighted by Gasteiger charge is 2.17. The summed E-state index contributed by atoms with van der Waals surface area (Å²) in [4.78, 5) is 17.0. The standard InChI is InChI=1S/C17H10BrCl3N2O/c18-7-9-8-22-16-10(15(9)21)3-1-6-13(16)23-17(24)14-11(19)4-2-5-12(14)20/h1-6,8H,7H2,(H,23,24). The fourth-order valence-electron chi connectivity index (χ4n) is 2.33. The summed E-state index contributed by atoms with van der Waals surface area (Å²) in [6.07, 6.45) is 1.68. The number of fused-ring (bicyclic) bond motifs is 1. The molecule has 1 heterocycles. The first-order valence-electron chi connectivity index (χ1n) is 6.90. The molecule has 0 spiro atoms. The van der Waals surface area contributed by atoms with Gasteiger partial charge in [0.1, 0.15) is 0 Å². The van der Waals surface area contributed by atoms with E-state index >= 15 is 0 Å². The topological polar surface area (TPSA) is 42.0 Å². The van der Waals surface area contributed by atoms with Gasteiger partial charge in [0.2, 0.25) is 0 Å². The third-order valence-electron chi connectivity index (χ3n) is 3.49. The zero-order valence-electron chi connectivity index (χ0n) is 12.1. The van der Waals surface area contributed by atoms with Gasteiger partial charge in [0, 0.05) is 22.5 Å². The fraction of sp³-hybridized carbons (Fsp3) is 0.0588. The lowest BCUT2D eigenvalue weighted by atomic mass is 10.1. The number of carbonyl (C=O) groups is 1. The van der Waals surface area contributed by atoms with Crippen LogP contribution in [0, 0.1) is 0 Å². The number of alkyl halides is 1. The summed E-state index contributed by atoms with van der Waals surface area (Å²) in [5, 5.41) is 5.34. The molecule has 122 valence electrons. The van der Waals surface area contributed by atoms with Crippen LogP contribution >= 0.6 is 50.7 Å². The number of hydrogen-bond donors (Lipinski definition) is 1. The Bertz CT molecular complexity index is 926. The number of benzene rings is 2. The summed E-state index contributed by atoms with van der Waals surface area (Å²) in [6, 6.07) is 10.3. The molecule has 1 N–H and O–H groups in total. The lowest BCUT2D eigenvalue weighted by molar-refractivity contribution is 0.102. The number of amides is 1. The van der Waals surface area contributed by atoms with Crippen molar-refractivity contribution in [3.05, 3.63) is 68.8 Å². The van der Waals surface area contributed by atoms with Crippen molar-refractivity contribution >= 4 is 73.2 Å². The smallest absolute Gasteiger partial charge is 0.258 e. The molecule has 24 heavy (non-hydrogen) atoms. The van der Waals surface area contributed by atoms with Crippen LogP contribution in [-0.4, -0.2) is 10.9 Å². The molecule has 3 rings (SSSR count). The molecule has 3 nitrogen and oxygen atoms in total. The normalized spacial score (nSPS) is 10.8. The van der Waals surface area contributed by atoms with Crippen LogP contribution in [0.1, 0.15) is 15.9 Å². The molecular weight excluding hydrogens is 434 g/mol. The van der Waals surface area contributed by atoms with E-state index in [2.05, 4.69) is 26.2 Å². The molecule has 0 aliphatic carbocycles. The van der Waals surface area contributed by atoms with Gasteiger partial charge in [-0.2, -0.15) is 0 Å². The van der Waals surface area contributed by atoms with E-state index in [-0.39, 0.29) is 15.6 Å². The highest BCUT2D eigenvalue weighted by molar-refractivity contribution is 9.08. The van der Waals surface area contributed by atoms with Gasteiger partial charge in [-0.1, -0.05) is 68.9 Å². The lowest BCUT2D eigenvalue weighted by Gasteiger charge is -2.12.